The number of benzene rings is 1. The Labute approximate surface area is 145 Å². The quantitative estimate of drug-likeness (QED) is 0.777. The maximum absolute atomic E-state index is 12.4. The molecule has 1 aromatic carbocycles. The van der Waals surface area contributed by atoms with E-state index in [1.807, 2.05) is 40.9 Å². The van der Waals surface area contributed by atoms with Gasteiger partial charge in [-0.25, -0.2) is 4.98 Å². The van der Waals surface area contributed by atoms with E-state index in [0.29, 0.717) is 18.1 Å². The molecular formula is C19H19N3O3. The predicted molar refractivity (Wildman–Crippen MR) is 94.0 cm³/mol. The summed E-state index contributed by atoms with van der Waals surface area (Å²) in [5.41, 5.74) is 2.12. The maximum Gasteiger partial charge on any atom is 0.257 e. The van der Waals surface area contributed by atoms with E-state index >= 15 is 0 Å². The number of amides is 1. The number of carbonyl (C=O) groups is 1. The summed E-state index contributed by atoms with van der Waals surface area (Å²) in [5, 5.41) is 2.89. The molecular weight excluding hydrogens is 318 g/mol. The predicted octanol–water partition coefficient (Wildman–Crippen LogP) is 3.00. The molecule has 1 amide bonds. The highest BCUT2D eigenvalue weighted by Crippen LogP contribution is 2.19. The van der Waals surface area contributed by atoms with Crippen LogP contribution in [0.5, 0.6) is 5.75 Å². The number of imidazole rings is 1. The molecule has 1 fully saturated rings. The molecule has 4 rings (SSSR count). The third kappa shape index (κ3) is 3.64. The minimum Gasteiger partial charge on any atom is -0.493 e. The fourth-order valence-electron chi connectivity index (χ4n) is 2.82. The van der Waals surface area contributed by atoms with Gasteiger partial charge in [-0.1, -0.05) is 0 Å². The Morgan fingerprint density at radius 1 is 1.28 bits per heavy atom. The molecule has 0 spiro atoms. The molecule has 6 nitrogen and oxygen atoms in total. The number of fused-ring (bicyclic) bond motifs is 1. The van der Waals surface area contributed by atoms with Crippen LogP contribution in [-0.4, -0.2) is 35.1 Å². The summed E-state index contributed by atoms with van der Waals surface area (Å²) in [6.45, 7) is 2.26. The zero-order chi connectivity index (χ0) is 17.1. The molecule has 1 atom stereocenters. The van der Waals surface area contributed by atoms with Crippen molar-refractivity contribution >= 4 is 17.2 Å². The van der Waals surface area contributed by atoms with E-state index in [9.17, 15) is 4.79 Å². The lowest BCUT2D eigenvalue weighted by Gasteiger charge is -2.11. The van der Waals surface area contributed by atoms with Crippen LogP contribution in [-0.2, 0) is 4.74 Å². The lowest BCUT2D eigenvalue weighted by atomic mass is 10.1. The van der Waals surface area contributed by atoms with Crippen molar-refractivity contribution in [1.29, 1.82) is 0 Å². The van der Waals surface area contributed by atoms with E-state index in [1.54, 1.807) is 18.5 Å². The molecule has 6 heteroatoms. The lowest BCUT2D eigenvalue weighted by Crippen LogP contribution is -2.13. The van der Waals surface area contributed by atoms with E-state index in [-0.39, 0.29) is 5.91 Å². The van der Waals surface area contributed by atoms with Crippen LogP contribution in [0.25, 0.3) is 5.65 Å². The SMILES string of the molecule is O=C(Nc1ccc(OC[C@H]2CCOC2)cc1)c1ccc2nccn2c1. The van der Waals surface area contributed by atoms with Gasteiger partial charge in [0.2, 0.25) is 0 Å². The van der Waals surface area contributed by atoms with Crippen molar-refractivity contribution in [1.82, 2.24) is 9.38 Å². The van der Waals surface area contributed by atoms with E-state index < -0.39 is 0 Å². The largest absolute Gasteiger partial charge is 0.493 e. The van der Waals surface area contributed by atoms with E-state index in [1.165, 1.54) is 0 Å². The first-order chi connectivity index (χ1) is 12.3. The minimum absolute atomic E-state index is 0.160. The van der Waals surface area contributed by atoms with Gasteiger partial charge < -0.3 is 19.2 Å². The molecule has 0 bridgehead atoms. The van der Waals surface area contributed by atoms with Gasteiger partial charge in [-0.3, -0.25) is 4.79 Å². The van der Waals surface area contributed by atoms with Crippen molar-refractivity contribution in [3.63, 3.8) is 0 Å². The van der Waals surface area contributed by atoms with Crippen LogP contribution in [0.1, 0.15) is 16.8 Å². The van der Waals surface area contributed by atoms with E-state index in [0.717, 1.165) is 36.7 Å². The highest BCUT2D eigenvalue weighted by molar-refractivity contribution is 6.04. The molecule has 1 aliphatic heterocycles. The first-order valence-electron chi connectivity index (χ1n) is 8.32. The van der Waals surface area contributed by atoms with Gasteiger partial charge >= 0.3 is 0 Å². The van der Waals surface area contributed by atoms with Gasteiger partial charge in [0.25, 0.3) is 5.91 Å². The second kappa shape index (κ2) is 6.94. The second-order valence-electron chi connectivity index (χ2n) is 6.13. The van der Waals surface area contributed by atoms with Crippen molar-refractivity contribution in [2.75, 3.05) is 25.1 Å². The fraction of sp³-hybridized carbons (Fsp3) is 0.263. The van der Waals surface area contributed by atoms with Gasteiger partial charge in [0.05, 0.1) is 18.8 Å². The number of nitrogens with one attached hydrogen (secondary N) is 1. The Bertz CT molecular complexity index is 867. The molecule has 0 unspecified atom stereocenters. The number of nitrogens with zero attached hydrogens (tertiary/aromatic N) is 2. The summed E-state index contributed by atoms with van der Waals surface area (Å²) >= 11 is 0. The third-order valence-electron chi connectivity index (χ3n) is 4.27. The molecule has 128 valence electrons. The van der Waals surface area contributed by atoms with Gasteiger partial charge in [-0.2, -0.15) is 0 Å². The molecule has 2 aromatic heterocycles. The Kier molecular flexibility index (Phi) is 4.35. The number of ether oxygens (including phenoxy) is 2. The number of hydrogen-bond donors (Lipinski definition) is 1. The van der Waals surface area contributed by atoms with Crippen molar-refractivity contribution in [3.8, 4) is 5.75 Å². The monoisotopic (exact) mass is 337 g/mol. The average molecular weight is 337 g/mol. The van der Waals surface area contributed by atoms with Crippen LogP contribution in [0.4, 0.5) is 5.69 Å². The summed E-state index contributed by atoms with van der Waals surface area (Å²) in [4.78, 5) is 16.5. The molecule has 0 saturated carbocycles. The zero-order valence-corrected chi connectivity index (χ0v) is 13.7. The average Bonchev–Trinajstić information content (AvgIpc) is 3.32. The first kappa shape index (κ1) is 15.7. The van der Waals surface area contributed by atoms with Crippen molar-refractivity contribution < 1.29 is 14.3 Å². The zero-order valence-electron chi connectivity index (χ0n) is 13.7. The van der Waals surface area contributed by atoms with Crippen molar-refractivity contribution in [2.45, 2.75) is 6.42 Å². The third-order valence-corrected chi connectivity index (χ3v) is 4.27. The van der Waals surface area contributed by atoms with Crippen LogP contribution in [0, 0.1) is 5.92 Å². The van der Waals surface area contributed by atoms with Crippen molar-refractivity contribution in [3.05, 3.63) is 60.6 Å². The van der Waals surface area contributed by atoms with Gasteiger partial charge in [-0.05, 0) is 42.8 Å². The molecule has 25 heavy (non-hydrogen) atoms. The van der Waals surface area contributed by atoms with Crippen LogP contribution in [0.3, 0.4) is 0 Å². The van der Waals surface area contributed by atoms with Crippen LogP contribution in [0.15, 0.2) is 55.0 Å². The number of rotatable bonds is 5. The van der Waals surface area contributed by atoms with E-state index in [4.69, 9.17) is 9.47 Å². The van der Waals surface area contributed by atoms with Crippen LogP contribution in [0.2, 0.25) is 0 Å². The van der Waals surface area contributed by atoms with Gasteiger partial charge in [0.1, 0.15) is 11.4 Å². The Morgan fingerprint density at radius 2 is 2.16 bits per heavy atom. The standard InChI is InChI=1S/C19H19N3O3/c23-19(15-1-6-18-20-8-9-22(18)11-15)21-16-2-4-17(5-3-16)25-13-14-7-10-24-12-14/h1-6,8-9,11,14H,7,10,12-13H2,(H,21,23)/t14-/m0/s1. The molecule has 3 aromatic rings. The Balaban J connectivity index is 1.37. The van der Waals surface area contributed by atoms with Crippen LogP contribution < -0.4 is 10.1 Å². The number of anilines is 1. The number of hydrogen-bond acceptors (Lipinski definition) is 4. The van der Waals surface area contributed by atoms with Gasteiger partial charge in [0, 0.05) is 36.8 Å². The molecule has 0 radical (unpaired) electrons. The Morgan fingerprint density at radius 3 is 2.96 bits per heavy atom. The fourth-order valence-corrected chi connectivity index (χ4v) is 2.82. The normalized spacial score (nSPS) is 16.9. The molecule has 1 N–H and O–H groups in total. The summed E-state index contributed by atoms with van der Waals surface area (Å²) in [7, 11) is 0. The van der Waals surface area contributed by atoms with Crippen molar-refractivity contribution in [2.24, 2.45) is 5.92 Å². The minimum atomic E-state index is -0.160. The lowest BCUT2D eigenvalue weighted by molar-refractivity contribution is 0.102. The van der Waals surface area contributed by atoms with Gasteiger partial charge in [0.15, 0.2) is 0 Å². The van der Waals surface area contributed by atoms with E-state index in [2.05, 4.69) is 10.3 Å². The molecule has 1 saturated heterocycles. The summed E-state index contributed by atoms with van der Waals surface area (Å²) in [6.07, 6.45) is 6.33. The maximum atomic E-state index is 12.4. The topological polar surface area (TPSA) is 64.9 Å². The number of carbonyl (C=O) groups excluding carboxylic acids is 1. The number of aromatic nitrogens is 2. The molecule has 3 heterocycles. The second-order valence-corrected chi connectivity index (χ2v) is 6.13. The van der Waals surface area contributed by atoms with Gasteiger partial charge in [-0.15, -0.1) is 0 Å². The summed E-state index contributed by atoms with van der Waals surface area (Å²) in [5.74, 6) is 1.11. The molecule has 0 aliphatic carbocycles. The summed E-state index contributed by atoms with van der Waals surface area (Å²) in [6, 6.07) is 11.0. The molecule has 1 aliphatic rings. The highest BCUT2D eigenvalue weighted by Gasteiger charge is 2.16. The smallest absolute Gasteiger partial charge is 0.257 e. The number of pyridine rings is 1. The highest BCUT2D eigenvalue weighted by atomic mass is 16.5. The first-order valence-corrected chi connectivity index (χ1v) is 8.32. The van der Waals surface area contributed by atoms with Crippen LogP contribution >= 0.6 is 0 Å². The summed E-state index contributed by atoms with van der Waals surface area (Å²) < 4.78 is 12.9. The Hall–Kier alpha value is -2.86.